The van der Waals surface area contributed by atoms with Crippen molar-refractivity contribution in [3.63, 3.8) is 0 Å². The highest BCUT2D eigenvalue weighted by molar-refractivity contribution is 7.80. The van der Waals surface area contributed by atoms with Crippen molar-refractivity contribution in [3.8, 4) is 0 Å². The van der Waals surface area contributed by atoms with E-state index in [0.29, 0.717) is 0 Å². The van der Waals surface area contributed by atoms with Gasteiger partial charge in [0, 0.05) is 25.0 Å². The summed E-state index contributed by atoms with van der Waals surface area (Å²) >= 11 is 4.26. The van der Waals surface area contributed by atoms with Crippen molar-refractivity contribution in [3.05, 3.63) is 28.8 Å². The Morgan fingerprint density at radius 3 is 2.07 bits per heavy atom. The van der Waals surface area contributed by atoms with Crippen molar-refractivity contribution >= 4 is 18.3 Å². The van der Waals surface area contributed by atoms with Gasteiger partial charge in [-0.1, -0.05) is 17.7 Å². The van der Waals surface area contributed by atoms with E-state index < -0.39 is 0 Å². The highest BCUT2D eigenvalue weighted by atomic mass is 32.1. The van der Waals surface area contributed by atoms with Crippen LogP contribution in [0.3, 0.4) is 0 Å². The Morgan fingerprint density at radius 1 is 1.14 bits per heavy atom. The maximum atomic E-state index is 4.26. The zero-order chi connectivity index (χ0) is 10.7. The predicted molar refractivity (Wildman–Crippen MR) is 67.8 cm³/mol. The van der Waals surface area contributed by atoms with Crippen molar-refractivity contribution in [2.45, 2.75) is 20.8 Å². The molecule has 0 amide bonds. The fourth-order valence-electron chi connectivity index (χ4n) is 2.04. The minimum absolute atomic E-state index is 0.892. The van der Waals surface area contributed by atoms with Crippen LogP contribution in [-0.4, -0.2) is 19.3 Å². The molecule has 14 heavy (non-hydrogen) atoms. The van der Waals surface area contributed by atoms with Gasteiger partial charge in [0.1, 0.15) is 0 Å². The van der Waals surface area contributed by atoms with E-state index in [4.69, 9.17) is 0 Å². The third kappa shape index (κ3) is 2.44. The standard InChI is InChI=1S/C12H19NS/c1-9-7-10(2)12(11(3)8-9)13(4)5-6-14/h7-8,14H,5-6H2,1-4H3. The van der Waals surface area contributed by atoms with Gasteiger partial charge in [0.05, 0.1) is 0 Å². The van der Waals surface area contributed by atoms with E-state index in [1.807, 2.05) is 0 Å². The summed E-state index contributed by atoms with van der Waals surface area (Å²) in [5, 5.41) is 0. The topological polar surface area (TPSA) is 3.24 Å². The van der Waals surface area contributed by atoms with Gasteiger partial charge in [-0.25, -0.2) is 0 Å². The average molecular weight is 209 g/mol. The van der Waals surface area contributed by atoms with E-state index in [1.165, 1.54) is 22.4 Å². The van der Waals surface area contributed by atoms with E-state index in [-0.39, 0.29) is 0 Å². The lowest BCUT2D eigenvalue weighted by Gasteiger charge is -2.23. The summed E-state index contributed by atoms with van der Waals surface area (Å²) < 4.78 is 0. The summed E-state index contributed by atoms with van der Waals surface area (Å²) in [6, 6.07) is 4.47. The molecule has 1 aromatic carbocycles. The molecule has 0 aliphatic rings. The smallest absolute Gasteiger partial charge is 0.0423 e. The summed E-state index contributed by atoms with van der Waals surface area (Å²) in [5.74, 6) is 0.892. The third-order valence-corrected chi connectivity index (χ3v) is 2.65. The van der Waals surface area contributed by atoms with Gasteiger partial charge in [0.15, 0.2) is 0 Å². The number of benzene rings is 1. The van der Waals surface area contributed by atoms with Gasteiger partial charge in [-0.15, -0.1) is 0 Å². The maximum Gasteiger partial charge on any atom is 0.0423 e. The molecule has 0 unspecified atom stereocenters. The summed E-state index contributed by atoms with van der Waals surface area (Å²) in [5.41, 5.74) is 5.39. The Kier molecular flexibility index (Phi) is 3.87. The Labute approximate surface area is 92.5 Å². The Bertz CT molecular complexity index is 297. The lowest BCUT2D eigenvalue weighted by Crippen LogP contribution is -2.21. The lowest BCUT2D eigenvalue weighted by atomic mass is 10.0. The summed E-state index contributed by atoms with van der Waals surface area (Å²) in [6.45, 7) is 7.48. The highest BCUT2D eigenvalue weighted by Gasteiger charge is 2.07. The first kappa shape index (κ1) is 11.4. The molecule has 0 aliphatic heterocycles. The quantitative estimate of drug-likeness (QED) is 0.749. The fourth-order valence-corrected chi connectivity index (χ4v) is 2.34. The molecule has 0 saturated carbocycles. The van der Waals surface area contributed by atoms with Gasteiger partial charge in [-0.05, 0) is 31.9 Å². The number of hydrogen-bond acceptors (Lipinski definition) is 2. The normalized spacial score (nSPS) is 10.4. The van der Waals surface area contributed by atoms with Gasteiger partial charge in [0.2, 0.25) is 0 Å². The molecule has 0 spiro atoms. The summed E-state index contributed by atoms with van der Waals surface area (Å²) in [7, 11) is 2.13. The molecule has 0 N–H and O–H groups in total. The molecule has 1 aromatic rings. The van der Waals surface area contributed by atoms with Crippen molar-refractivity contribution in [1.29, 1.82) is 0 Å². The van der Waals surface area contributed by atoms with Crippen molar-refractivity contribution in [2.24, 2.45) is 0 Å². The van der Waals surface area contributed by atoms with Crippen LogP contribution in [-0.2, 0) is 0 Å². The summed E-state index contributed by atoms with van der Waals surface area (Å²) in [4.78, 5) is 2.27. The van der Waals surface area contributed by atoms with E-state index in [2.05, 4.69) is 57.5 Å². The third-order valence-electron chi connectivity index (χ3n) is 2.45. The van der Waals surface area contributed by atoms with Gasteiger partial charge in [-0.2, -0.15) is 12.6 Å². The number of thiol groups is 1. The average Bonchev–Trinajstić information content (AvgIpc) is 2.01. The van der Waals surface area contributed by atoms with Crippen LogP contribution in [0, 0.1) is 20.8 Å². The molecule has 0 heterocycles. The summed E-state index contributed by atoms with van der Waals surface area (Å²) in [6.07, 6.45) is 0. The molecule has 0 saturated heterocycles. The first-order valence-corrected chi connectivity index (χ1v) is 5.59. The second-order valence-electron chi connectivity index (χ2n) is 3.89. The number of anilines is 1. The van der Waals surface area contributed by atoms with Crippen molar-refractivity contribution in [2.75, 3.05) is 24.2 Å². The first-order valence-electron chi connectivity index (χ1n) is 4.96. The molecule has 0 aliphatic carbocycles. The van der Waals surface area contributed by atoms with Crippen molar-refractivity contribution in [1.82, 2.24) is 0 Å². The van der Waals surface area contributed by atoms with Gasteiger partial charge < -0.3 is 4.90 Å². The largest absolute Gasteiger partial charge is 0.373 e. The van der Waals surface area contributed by atoms with Crippen LogP contribution in [0.25, 0.3) is 0 Å². The van der Waals surface area contributed by atoms with Crippen LogP contribution in [0.15, 0.2) is 12.1 Å². The first-order chi connectivity index (χ1) is 6.56. The molecule has 78 valence electrons. The van der Waals surface area contributed by atoms with Gasteiger partial charge in [-0.3, -0.25) is 0 Å². The Morgan fingerprint density at radius 2 is 1.64 bits per heavy atom. The molecule has 0 aromatic heterocycles. The molecule has 0 fully saturated rings. The second kappa shape index (κ2) is 4.74. The highest BCUT2D eigenvalue weighted by Crippen LogP contribution is 2.24. The molecule has 1 rings (SSSR count). The molecule has 0 radical (unpaired) electrons. The SMILES string of the molecule is Cc1cc(C)c(N(C)CCS)c(C)c1. The lowest BCUT2D eigenvalue weighted by molar-refractivity contribution is 0.963. The molecule has 0 atom stereocenters. The van der Waals surface area contributed by atoms with E-state index in [0.717, 1.165) is 12.3 Å². The van der Waals surface area contributed by atoms with Crippen LogP contribution < -0.4 is 4.90 Å². The van der Waals surface area contributed by atoms with Gasteiger partial charge in [0.25, 0.3) is 0 Å². The second-order valence-corrected chi connectivity index (χ2v) is 4.34. The van der Waals surface area contributed by atoms with Crippen LogP contribution >= 0.6 is 12.6 Å². The Balaban J connectivity index is 3.07. The number of nitrogens with zero attached hydrogens (tertiary/aromatic N) is 1. The minimum Gasteiger partial charge on any atom is -0.373 e. The zero-order valence-corrected chi connectivity index (χ0v) is 10.4. The van der Waals surface area contributed by atoms with Crippen LogP contribution in [0.4, 0.5) is 5.69 Å². The monoisotopic (exact) mass is 209 g/mol. The molecular weight excluding hydrogens is 190 g/mol. The Hall–Kier alpha value is -0.630. The molecule has 0 bridgehead atoms. The number of hydrogen-bond donors (Lipinski definition) is 1. The van der Waals surface area contributed by atoms with E-state index >= 15 is 0 Å². The molecule has 1 nitrogen and oxygen atoms in total. The van der Waals surface area contributed by atoms with Crippen LogP contribution in [0.5, 0.6) is 0 Å². The molecule has 2 heteroatoms. The van der Waals surface area contributed by atoms with E-state index in [1.54, 1.807) is 0 Å². The van der Waals surface area contributed by atoms with Crippen LogP contribution in [0.2, 0.25) is 0 Å². The van der Waals surface area contributed by atoms with Crippen LogP contribution in [0.1, 0.15) is 16.7 Å². The number of rotatable bonds is 3. The predicted octanol–water partition coefficient (Wildman–Crippen LogP) is 2.98. The van der Waals surface area contributed by atoms with E-state index in [9.17, 15) is 0 Å². The minimum atomic E-state index is 0.892. The fraction of sp³-hybridized carbons (Fsp3) is 0.500. The maximum absolute atomic E-state index is 4.26. The molecular formula is C12H19NS. The zero-order valence-electron chi connectivity index (χ0n) is 9.46. The van der Waals surface area contributed by atoms with Gasteiger partial charge >= 0.3 is 0 Å². The number of aryl methyl sites for hydroxylation is 3. The van der Waals surface area contributed by atoms with Crippen molar-refractivity contribution < 1.29 is 0 Å².